The molecule has 1 aromatic heterocycles. The van der Waals surface area contributed by atoms with Crippen molar-refractivity contribution >= 4 is 64.6 Å². The number of sulfonamides is 1. The van der Waals surface area contributed by atoms with Crippen molar-refractivity contribution in [3.05, 3.63) is 37.6 Å². The van der Waals surface area contributed by atoms with Crippen LogP contribution in [0.15, 0.2) is 30.7 Å². The van der Waals surface area contributed by atoms with Crippen LogP contribution in [0, 0.1) is 13.8 Å². The zero-order valence-corrected chi connectivity index (χ0v) is 15.5. The number of rotatable bonds is 3. The van der Waals surface area contributed by atoms with E-state index in [9.17, 15) is 8.42 Å². The van der Waals surface area contributed by atoms with Crippen LogP contribution in [0.4, 0.5) is 11.4 Å². The quantitative estimate of drug-likeness (QED) is 0.701. The third-order valence-electron chi connectivity index (χ3n) is 2.60. The lowest BCUT2D eigenvalue weighted by molar-refractivity contribution is 0.603. The van der Waals surface area contributed by atoms with Gasteiger partial charge in [0, 0.05) is 4.47 Å². The molecule has 0 aliphatic rings. The fourth-order valence-corrected chi connectivity index (χ4v) is 5.78. The summed E-state index contributed by atoms with van der Waals surface area (Å²) in [5.41, 5.74) is 8.45. The normalized spacial score (nSPS) is 11.6. The number of aryl methyl sites for hydroxylation is 2. The highest BCUT2D eigenvalue weighted by molar-refractivity contribution is 9.11. The molecule has 8 heteroatoms. The Morgan fingerprint density at radius 1 is 1.20 bits per heavy atom. The Hall–Kier alpha value is -0.570. The SMILES string of the molecule is Cc1cc(N)c(NS(=O)(=O)c2cc(C)c(Br)s2)c(Br)c1. The van der Waals surface area contributed by atoms with Crippen molar-refractivity contribution in [3.8, 4) is 0 Å². The van der Waals surface area contributed by atoms with Gasteiger partial charge in [-0.15, -0.1) is 11.3 Å². The second-order valence-electron chi connectivity index (χ2n) is 4.34. The first-order chi connectivity index (χ1) is 9.20. The highest BCUT2D eigenvalue weighted by atomic mass is 79.9. The number of thiophene rings is 1. The van der Waals surface area contributed by atoms with Gasteiger partial charge in [0.25, 0.3) is 10.0 Å². The Morgan fingerprint density at radius 2 is 1.85 bits per heavy atom. The molecule has 0 spiro atoms. The first kappa shape index (κ1) is 15.8. The van der Waals surface area contributed by atoms with E-state index in [0.29, 0.717) is 15.8 Å². The maximum absolute atomic E-state index is 12.4. The summed E-state index contributed by atoms with van der Waals surface area (Å²) in [7, 11) is -3.64. The van der Waals surface area contributed by atoms with E-state index in [0.717, 1.165) is 14.9 Å². The molecule has 2 aromatic rings. The summed E-state index contributed by atoms with van der Waals surface area (Å²) in [5, 5.41) is 0. The second-order valence-corrected chi connectivity index (χ2v) is 9.47. The number of nitrogens with one attached hydrogen (secondary N) is 1. The van der Waals surface area contributed by atoms with E-state index in [-0.39, 0.29) is 4.21 Å². The smallest absolute Gasteiger partial charge is 0.271 e. The van der Waals surface area contributed by atoms with Gasteiger partial charge in [-0.1, -0.05) is 0 Å². The van der Waals surface area contributed by atoms with Crippen molar-refractivity contribution in [2.24, 2.45) is 0 Å². The monoisotopic (exact) mass is 438 g/mol. The minimum Gasteiger partial charge on any atom is -0.397 e. The summed E-state index contributed by atoms with van der Waals surface area (Å²) in [4.78, 5) is 0. The van der Waals surface area contributed by atoms with Gasteiger partial charge in [0.2, 0.25) is 0 Å². The molecular formula is C12H12Br2N2O2S2. The third kappa shape index (κ3) is 3.19. The third-order valence-corrected chi connectivity index (χ3v) is 7.19. The van der Waals surface area contributed by atoms with Crippen LogP contribution in [0.25, 0.3) is 0 Å². The minimum atomic E-state index is -3.64. The maximum Gasteiger partial charge on any atom is 0.271 e. The lowest BCUT2D eigenvalue weighted by Gasteiger charge is -2.12. The van der Waals surface area contributed by atoms with E-state index in [4.69, 9.17) is 5.73 Å². The zero-order chi connectivity index (χ0) is 15.1. The average Bonchev–Trinajstić information content (AvgIpc) is 2.65. The molecule has 0 bridgehead atoms. The average molecular weight is 440 g/mol. The Labute approximate surface area is 138 Å². The van der Waals surface area contributed by atoms with E-state index in [2.05, 4.69) is 36.6 Å². The first-order valence-corrected chi connectivity index (χ1v) is 9.43. The molecule has 20 heavy (non-hydrogen) atoms. The number of hydrogen-bond donors (Lipinski definition) is 2. The highest BCUT2D eigenvalue weighted by Crippen LogP contribution is 2.35. The Kier molecular flexibility index (Phi) is 4.48. The Balaban J connectivity index is 2.43. The van der Waals surface area contributed by atoms with E-state index < -0.39 is 10.0 Å². The van der Waals surface area contributed by atoms with E-state index in [1.165, 1.54) is 11.3 Å². The summed E-state index contributed by atoms with van der Waals surface area (Å²) in [6.07, 6.45) is 0. The lowest BCUT2D eigenvalue weighted by Crippen LogP contribution is -2.13. The molecule has 0 atom stereocenters. The van der Waals surface area contributed by atoms with Crippen molar-refractivity contribution in [2.75, 3.05) is 10.5 Å². The van der Waals surface area contributed by atoms with Crippen LogP contribution in [0.5, 0.6) is 0 Å². The number of halogens is 2. The molecule has 0 aliphatic carbocycles. The maximum atomic E-state index is 12.4. The topological polar surface area (TPSA) is 72.2 Å². The van der Waals surface area contributed by atoms with Crippen LogP contribution in [0.1, 0.15) is 11.1 Å². The molecule has 4 nitrogen and oxygen atoms in total. The lowest BCUT2D eigenvalue weighted by atomic mass is 10.2. The van der Waals surface area contributed by atoms with Gasteiger partial charge in [-0.3, -0.25) is 4.72 Å². The fraction of sp³-hybridized carbons (Fsp3) is 0.167. The molecule has 3 N–H and O–H groups in total. The molecule has 0 aliphatic heterocycles. The van der Waals surface area contributed by atoms with Crippen molar-refractivity contribution in [1.82, 2.24) is 0 Å². The van der Waals surface area contributed by atoms with Crippen molar-refractivity contribution in [1.29, 1.82) is 0 Å². The largest absolute Gasteiger partial charge is 0.397 e. The fourth-order valence-electron chi connectivity index (χ4n) is 1.63. The summed E-state index contributed by atoms with van der Waals surface area (Å²) < 4.78 is 28.9. The summed E-state index contributed by atoms with van der Waals surface area (Å²) in [6.45, 7) is 3.73. The van der Waals surface area contributed by atoms with Crippen molar-refractivity contribution in [2.45, 2.75) is 18.1 Å². The van der Waals surface area contributed by atoms with Crippen molar-refractivity contribution in [3.63, 3.8) is 0 Å². The van der Waals surface area contributed by atoms with Crippen LogP contribution in [0.3, 0.4) is 0 Å². The van der Waals surface area contributed by atoms with Gasteiger partial charge in [0.15, 0.2) is 0 Å². The Morgan fingerprint density at radius 3 is 2.35 bits per heavy atom. The molecule has 0 fully saturated rings. The zero-order valence-electron chi connectivity index (χ0n) is 10.7. The predicted octanol–water partition coefficient (Wildman–Crippen LogP) is 4.27. The van der Waals surface area contributed by atoms with E-state index in [1.807, 2.05) is 19.9 Å². The summed E-state index contributed by atoms with van der Waals surface area (Å²) >= 11 is 7.82. The number of nitrogen functional groups attached to an aromatic ring is 1. The minimum absolute atomic E-state index is 0.244. The van der Waals surface area contributed by atoms with Gasteiger partial charge < -0.3 is 5.73 Å². The summed E-state index contributed by atoms with van der Waals surface area (Å²) in [6, 6.07) is 5.15. The number of benzene rings is 1. The van der Waals surface area contributed by atoms with Gasteiger partial charge in [-0.05, 0) is 75.0 Å². The van der Waals surface area contributed by atoms with E-state index >= 15 is 0 Å². The van der Waals surface area contributed by atoms with Crippen LogP contribution in [0.2, 0.25) is 0 Å². The predicted molar refractivity (Wildman–Crippen MR) is 90.9 cm³/mol. The molecule has 0 unspecified atom stereocenters. The van der Waals surface area contributed by atoms with Gasteiger partial charge in [0.1, 0.15) is 4.21 Å². The van der Waals surface area contributed by atoms with Gasteiger partial charge >= 0.3 is 0 Å². The molecule has 0 radical (unpaired) electrons. The molecule has 0 saturated carbocycles. The summed E-state index contributed by atoms with van der Waals surface area (Å²) in [5.74, 6) is 0. The Bertz CT molecular complexity index is 727. The van der Waals surface area contributed by atoms with Crippen LogP contribution in [-0.4, -0.2) is 8.42 Å². The van der Waals surface area contributed by atoms with Gasteiger partial charge in [0.05, 0.1) is 15.2 Å². The highest BCUT2D eigenvalue weighted by Gasteiger charge is 2.20. The van der Waals surface area contributed by atoms with E-state index in [1.54, 1.807) is 12.1 Å². The molecular weight excluding hydrogens is 428 g/mol. The number of anilines is 2. The molecule has 108 valence electrons. The number of hydrogen-bond acceptors (Lipinski definition) is 4. The molecule has 1 heterocycles. The molecule has 0 saturated heterocycles. The molecule has 2 rings (SSSR count). The second kappa shape index (κ2) is 5.67. The van der Waals surface area contributed by atoms with Gasteiger partial charge in [-0.25, -0.2) is 8.42 Å². The standard InChI is InChI=1S/C12H12Br2N2O2S2/c1-6-3-8(13)11(9(15)4-6)16-20(17,18)10-5-7(2)12(14)19-10/h3-5,16H,15H2,1-2H3. The molecule has 0 amide bonds. The van der Waals surface area contributed by atoms with Gasteiger partial charge in [-0.2, -0.15) is 0 Å². The molecule has 1 aromatic carbocycles. The van der Waals surface area contributed by atoms with Crippen molar-refractivity contribution < 1.29 is 8.42 Å². The number of nitrogens with two attached hydrogens (primary N) is 1. The van der Waals surface area contributed by atoms with Crippen LogP contribution in [-0.2, 0) is 10.0 Å². The van der Waals surface area contributed by atoms with Crippen LogP contribution >= 0.6 is 43.2 Å². The van der Waals surface area contributed by atoms with Crippen LogP contribution < -0.4 is 10.5 Å². The first-order valence-electron chi connectivity index (χ1n) is 5.55.